The lowest BCUT2D eigenvalue weighted by Crippen LogP contribution is -2.42. The predicted molar refractivity (Wildman–Crippen MR) is 91.5 cm³/mol. The molecule has 0 saturated carbocycles. The first-order chi connectivity index (χ1) is 11.0. The molecule has 0 radical (unpaired) electrons. The number of pyridine rings is 1. The van der Waals surface area contributed by atoms with Gasteiger partial charge in [-0.05, 0) is 41.3 Å². The fourth-order valence-corrected chi connectivity index (χ4v) is 2.89. The second-order valence-electron chi connectivity index (χ2n) is 5.46. The minimum atomic E-state index is -0.114. The third-order valence-corrected chi connectivity index (χ3v) is 4.57. The van der Waals surface area contributed by atoms with Crippen LogP contribution in [0.15, 0.2) is 30.5 Å². The Kier molecular flexibility index (Phi) is 4.59. The first-order valence-electron chi connectivity index (χ1n) is 7.23. The van der Waals surface area contributed by atoms with Crippen molar-refractivity contribution in [2.75, 3.05) is 12.3 Å². The van der Waals surface area contributed by atoms with Gasteiger partial charge in [-0.3, -0.25) is 0 Å². The van der Waals surface area contributed by atoms with E-state index in [4.69, 9.17) is 28.9 Å². The zero-order valence-electron chi connectivity index (χ0n) is 12.4. The number of benzene rings is 1. The summed E-state index contributed by atoms with van der Waals surface area (Å²) in [5.41, 5.74) is 8.81. The van der Waals surface area contributed by atoms with E-state index in [0.29, 0.717) is 35.5 Å². The number of carbonyl (C=O) groups excluding carboxylic acids is 1. The van der Waals surface area contributed by atoms with Gasteiger partial charge in [-0.2, -0.15) is 0 Å². The van der Waals surface area contributed by atoms with Crippen molar-refractivity contribution < 1.29 is 4.79 Å². The first-order valence-corrected chi connectivity index (χ1v) is 7.98. The highest BCUT2D eigenvalue weighted by atomic mass is 35.5. The Hall–Kier alpha value is -1.98. The highest BCUT2D eigenvalue weighted by Gasteiger charge is 2.20. The van der Waals surface area contributed by atoms with Crippen molar-refractivity contribution in [1.29, 1.82) is 0 Å². The molecular weight excluding hydrogens is 335 g/mol. The Morgan fingerprint density at radius 2 is 2.09 bits per heavy atom. The van der Waals surface area contributed by atoms with E-state index in [1.807, 2.05) is 12.1 Å². The second-order valence-corrected chi connectivity index (χ2v) is 6.27. The van der Waals surface area contributed by atoms with Crippen LogP contribution < -0.4 is 11.1 Å². The number of rotatable bonds is 2. The molecule has 0 aliphatic carbocycles. The van der Waals surface area contributed by atoms with Crippen LogP contribution >= 0.6 is 23.2 Å². The maximum Gasteiger partial charge on any atom is 0.317 e. The number of aromatic nitrogens is 1. The van der Waals surface area contributed by atoms with Crippen molar-refractivity contribution in [3.8, 4) is 0 Å². The van der Waals surface area contributed by atoms with Gasteiger partial charge in [0, 0.05) is 25.8 Å². The number of nitrogens with one attached hydrogen (secondary N) is 1. The van der Waals surface area contributed by atoms with Gasteiger partial charge in [-0.25, -0.2) is 9.78 Å². The molecule has 0 unspecified atom stereocenters. The van der Waals surface area contributed by atoms with Crippen LogP contribution in [0.1, 0.15) is 16.7 Å². The van der Waals surface area contributed by atoms with Crippen LogP contribution in [-0.4, -0.2) is 22.5 Å². The SMILES string of the molecule is Nc1cc2c(cn1)CCN(C(=O)NCc1ccc(Cl)c(Cl)c1)C2. The van der Waals surface area contributed by atoms with Crippen molar-refractivity contribution in [2.24, 2.45) is 0 Å². The summed E-state index contributed by atoms with van der Waals surface area (Å²) in [6, 6.07) is 7.03. The fraction of sp³-hybridized carbons (Fsp3) is 0.250. The summed E-state index contributed by atoms with van der Waals surface area (Å²) in [6.45, 7) is 1.60. The Morgan fingerprint density at radius 1 is 1.26 bits per heavy atom. The van der Waals surface area contributed by atoms with Crippen LogP contribution in [-0.2, 0) is 19.5 Å². The number of urea groups is 1. The average molecular weight is 351 g/mol. The lowest BCUT2D eigenvalue weighted by Gasteiger charge is -2.29. The van der Waals surface area contributed by atoms with Gasteiger partial charge in [-0.1, -0.05) is 29.3 Å². The topological polar surface area (TPSA) is 71.2 Å². The molecular formula is C16H16Cl2N4O. The number of nitrogens with two attached hydrogens (primary N) is 1. The van der Waals surface area contributed by atoms with Gasteiger partial charge >= 0.3 is 6.03 Å². The number of hydrogen-bond donors (Lipinski definition) is 2. The van der Waals surface area contributed by atoms with Crippen LogP contribution in [0.3, 0.4) is 0 Å². The monoisotopic (exact) mass is 350 g/mol. The van der Waals surface area contributed by atoms with Crippen molar-refractivity contribution in [3.05, 3.63) is 57.2 Å². The zero-order valence-corrected chi connectivity index (χ0v) is 13.9. The molecule has 1 aliphatic rings. The maximum atomic E-state index is 12.3. The van der Waals surface area contributed by atoms with Gasteiger partial charge < -0.3 is 16.0 Å². The van der Waals surface area contributed by atoms with Gasteiger partial charge in [0.1, 0.15) is 5.82 Å². The smallest absolute Gasteiger partial charge is 0.317 e. The second kappa shape index (κ2) is 6.64. The summed E-state index contributed by atoms with van der Waals surface area (Å²) in [6.07, 6.45) is 2.57. The summed E-state index contributed by atoms with van der Waals surface area (Å²) in [7, 11) is 0. The van der Waals surface area contributed by atoms with Crippen LogP contribution in [0.4, 0.5) is 10.6 Å². The molecule has 1 aromatic heterocycles. The minimum Gasteiger partial charge on any atom is -0.384 e. The van der Waals surface area contributed by atoms with Gasteiger partial charge in [0.2, 0.25) is 0 Å². The molecule has 0 bridgehead atoms. The normalized spacial score (nSPS) is 13.6. The van der Waals surface area contributed by atoms with Gasteiger partial charge in [0.05, 0.1) is 10.0 Å². The third-order valence-electron chi connectivity index (χ3n) is 3.83. The molecule has 7 heteroatoms. The van der Waals surface area contributed by atoms with E-state index >= 15 is 0 Å². The van der Waals surface area contributed by atoms with E-state index in [-0.39, 0.29) is 6.03 Å². The quantitative estimate of drug-likeness (QED) is 0.873. The molecule has 0 saturated heterocycles. The molecule has 3 N–H and O–H groups in total. The van der Waals surface area contributed by atoms with Crippen LogP contribution in [0.5, 0.6) is 0 Å². The predicted octanol–water partition coefficient (Wildman–Crippen LogP) is 3.24. The highest BCUT2D eigenvalue weighted by Crippen LogP contribution is 2.23. The summed E-state index contributed by atoms with van der Waals surface area (Å²) < 4.78 is 0. The van der Waals surface area contributed by atoms with Crippen molar-refractivity contribution in [1.82, 2.24) is 15.2 Å². The molecule has 0 spiro atoms. The standard InChI is InChI=1S/C16H16Cl2N4O/c17-13-2-1-10(5-14(13)18)7-21-16(23)22-4-3-11-8-20-15(19)6-12(11)9-22/h1-2,5-6,8H,3-4,7,9H2,(H2,19,20)(H,21,23). The van der Waals surface area contributed by atoms with E-state index < -0.39 is 0 Å². The number of nitrogens with zero attached hydrogens (tertiary/aromatic N) is 2. The van der Waals surface area contributed by atoms with Crippen LogP contribution in [0.2, 0.25) is 10.0 Å². The van der Waals surface area contributed by atoms with E-state index in [1.165, 1.54) is 0 Å². The Labute approximate surface area is 144 Å². The molecule has 23 heavy (non-hydrogen) atoms. The number of halogens is 2. The van der Waals surface area contributed by atoms with E-state index in [9.17, 15) is 4.79 Å². The van der Waals surface area contributed by atoms with Gasteiger partial charge in [0.25, 0.3) is 0 Å². The van der Waals surface area contributed by atoms with Gasteiger partial charge in [-0.15, -0.1) is 0 Å². The number of anilines is 1. The molecule has 2 aromatic rings. The Bertz CT molecular complexity index is 751. The third kappa shape index (κ3) is 3.68. The van der Waals surface area contributed by atoms with Crippen molar-refractivity contribution in [2.45, 2.75) is 19.5 Å². The van der Waals surface area contributed by atoms with Crippen LogP contribution in [0, 0.1) is 0 Å². The van der Waals surface area contributed by atoms with Crippen molar-refractivity contribution >= 4 is 35.1 Å². The molecule has 1 aromatic carbocycles. The number of fused-ring (bicyclic) bond motifs is 1. The summed E-state index contributed by atoms with van der Waals surface area (Å²) in [4.78, 5) is 18.2. The van der Waals surface area contributed by atoms with E-state index in [0.717, 1.165) is 23.1 Å². The number of carbonyl (C=O) groups is 1. The summed E-state index contributed by atoms with van der Waals surface area (Å²) >= 11 is 11.9. The first kappa shape index (κ1) is 15.9. The number of nitrogen functional groups attached to an aromatic ring is 1. The highest BCUT2D eigenvalue weighted by molar-refractivity contribution is 6.42. The molecule has 0 atom stereocenters. The Morgan fingerprint density at radius 3 is 2.87 bits per heavy atom. The zero-order chi connectivity index (χ0) is 16.4. The lowest BCUT2D eigenvalue weighted by molar-refractivity contribution is 0.192. The minimum absolute atomic E-state index is 0.114. The summed E-state index contributed by atoms with van der Waals surface area (Å²) in [5, 5.41) is 3.88. The molecule has 1 aliphatic heterocycles. The lowest BCUT2D eigenvalue weighted by atomic mass is 10.0. The van der Waals surface area contributed by atoms with Crippen LogP contribution in [0.25, 0.3) is 0 Å². The molecule has 2 heterocycles. The molecule has 2 amide bonds. The largest absolute Gasteiger partial charge is 0.384 e. The molecule has 0 fully saturated rings. The maximum absolute atomic E-state index is 12.3. The van der Waals surface area contributed by atoms with Gasteiger partial charge in [0.15, 0.2) is 0 Å². The number of hydrogen-bond acceptors (Lipinski definition) is 3. The van der Waals surface area contributed by atoms with E-state index in [1.54, 1.807) is 23.2 Å². The fourth-order valence-electron chi connectivity index (χ4n) is 2.57. The van der Waals surface area contributed by atoms with Crippen molar-refractivity contribution in [3.63, 3.8) is 0 Å². The number of amides is 2. The molecule has 3 rings (SSSR count). The Balaban J connectivity index is 1.62. The summed E-state index contributed by atoms with van der Waals surface area (Å²) in [5.74, 6) is 0.474. The molecule has 120 valence electrons. The molecule has 5 nitrogen and oxygen atoms in total. The van der Waals surface area contributed by atoms with E-state index in [2.05, 4.69) is 10.3 Å². The average Bonchev–Trinajstić information content (AvgIpc) is 2.55.